The summed E-state index contributed by atoms with van der Waals surface area (Å²) in [6, 6.07) is 6.59. The Bertz CT molecular complexity index is 367. The van der Waals surface area contributed by atoms with Crippen LogP contribution in [0.25, 0.3) is 0 Å². The second-order valence-corrected chi connectivity index (χ2v) is 5.13. The molecule has 94 valence electrons. The molecular weight excluding hydrogens is 215 g/mol. The minimum atomic E-state index is -0.221. The summed E-state index contributed by atoms with van der Waals surface area (Å²) in [6.45, 7) is 5.20. The van der Waals surface area contributed by atoms with Crippen LogP contribution in [0.2, 0.25) is 0 Å². The first kappa shape index (κ1) is 12.5. The Hall–Kier alpha value is -0.930. The summed E-state index contributed by atoms with van der Waals surface area (Å²) in [4.78, 5) is 2.35. The summed E-state index contributed by atoms with van der Waals surface area (Å²) in [5, 5.41) is 0. The van der Waals surface area contributed by atoms with E-state index in [2.05, 4.69) is 11.8 Å². The van der Waals surface area contributed by atoms with Gasteiger partial charge in [-0.05, 0) is 31.4 Å². The molecule has 1 aliphatic heterocycles. The van der Waals surface area contributed by atoms with Crippen molar-refractivity contribution < 1.29 is 4.39 Å². The van der Waals surface area contributed by atoms with Gasteiger partial charge in [-0.1, -0.05) is 25.1 Å². The Morgan fingerprint density at radius 3 is 2.94 bits per heavy atom. The summed E-state index contributed by atoms with van der Waals surface area (Å²) >= 11 is 0. The van der Waals surface area contributed by atoms with Gasteiger partial charge in [-0.2, -0.15) is 0 Å². The van der Waals surface area contributed by atoms with Crippen LogP contribution in [0, 0.1) is 11.7 Å². The predicted octanol–water partition coefficient (Wildman–Crippen LogP) is 2.56. The van der Waals surface area contributed by atoms with Gasteiger partial charge in [0, 0.05) is 24.7 Å². The number of piperidine rings is 1. The number of nitrogens with zero attached hydrogens (tertiary/aromatic N) is 1. The van der Waals surface area contributed by atoms with E-state index in [4.69, 9.17) is 5.73 Å². The lowest BCUT2D eigenvalue weighted by molar-refractivity contribution is 0.174. The monoisotopic (exact) mass is 236 g/mol. The van der Waals surface area contributed by atoms with Crippen LogP contribution in [0.3, 0.4) is 0 Å². The molecule has 2 nitrogen and oxygen atoms in total. The molecule has 1 saturated heterocycles. The highest BCUT2D eigenvalue weighted by Gasteiger charge is 2.20. The minimum Gasteiger partial charge on any atom is -0.323 e. The molecule has 1 fully saturated rings. The number of nitrogens with two attached hydrogens (primary N) is 1. The molecule has 2 unspecified atom stereocenters. The number of benzene rings is 1. The van der Waals surface area contributed by atoms with Crippen molar-refractivity contribution in [3.63, 3.8) is 0 Å². The quantitative estimate of drug-likeness (QED) is 0.874. The van der Waals surface area contributed by atoms with Crippen molar-refractivity contribution >= 4 is 0 Å². The molecule has 0 aliphatic carbocycles. The summed E-state index contributed by atoms with van der Waals surface area (Å²) in [6.07, 6.45) is 2.52. The van der Waals surface area contributed by atoms with Gasteiger partial charge in [0.2, 0.25) is 0 Å². The standard InChI is InChI=1S/C14H21FN2/c1-11-5-4-8-17(9-11)10-14(16)12-6-2-3-7-13(12)15/h2-3,6-7,11,14H,4-5,8-10,16H2,1H3. The summed E-state index contributed by atoms with van der Waals surface area (Å²) < 4.78 is 13.6. The van der Waals surface area contributed by atoms with Crippen LogP contribution in [-0.4, -0.2) is 24.5 Å². The zero-order chi connectivity index (χ0) is 12.3. The highest BCUT2D eigenvalue weighted by atomic mass is 19.1. The van der Waals surface area contributed by atoms with Crippen molar-refractivity contribution in [1.82, 2.24) is 4.90 Å². The molecular formula is C14H21FN2. The molecule has 3 heteroatoms. The molecule has 0 bridgehead atoms. The molecule has 0 aromatic heterocycles. The van der Waals surface area contributed by atoms with Crippen molar-refractivity contribution in [2.75, 3.05) is 19.6 Å². The van der Waals surface area contributed by atoms with E-state index in [0.29, 0.717) is 5.56 Å². The maximum absolute atomic E-state index is 13.6. The average molecular weight is 236 g/mol. The molecule has 0 amide bonds. The first-order valence-electron chi connectivity index (χ1n) is 6.39. The molecule has 1 heterocycles. The molecule has 0 saturated carbocycles. The summed E-state index contributed by atoms with van der Waals surface area (Å²) in [7, 11) is 0. The molecule has 1 aromatic carbocycles. The van der Waals surface area contributed by atoms with Gasteiger partial charge in [0.1, 0.15) is 5.82 Å². The van der Waals surface area contributed by atoms with Crippen LogP contribution >= 0.6 is 0 Å². The van der Waals surface area contributed by atoms with Crippen molar-refractivity contribution in [2.24, 2.45) is 11.7 Å². The topological polar surface area (TPSA) is 29.3 Å². The number of hydrogen-bond acceptors (Lipinski definition) is 2. The van der Waals surface area contributed by atoms with Gasteiger partial charge in [-0.3, -0.25) is 0 Å². The summed E-state index contributed by atoms with van der Waals surface area (Å²) in [5.41, 5.74) is 6.72. The number of likely N-dealkylation sites (tertiary alicyclic amines) is 1. The van der Waals surface area contributed by atoms with Gasteiger partial charge in [0.05, 0.1) is 0 Å². The van der Waals surface area contributed by atoms with Crippen molar-refractivity contribution in [1.29, 1.82) is 0 Å². The molecule has 2 N–H and O–H groups in total. The van der Waals surface area contributed by atoms with E-state index >= 15 is 0 Å². The van der Waals surface area contributed by atoms with Gasteiger partial charge in [-0.25, -0.2) is 4.39 Å². The third kappa shape index (κ3) is 3.27. The third-order valence-electron chi connectivity index (χ3n) is 3.50. The number of halogens is 1. The minimum absolute atomic E-state index is 0.190. The SMILES string of the molecule is CC1CCCN(CC(N)c2ccccc2F)C1. The van der Waals surface area contributed by atoms with Crippen LogP contribution in [0.5, 0.6) is 0 Å². The van der Waals surface area contributed by atoms with Gasteiger partial charge >= 0.3 is 0 Å². The van der Waals surface area contributed by atoms with Crippen LogP contribution < -0.4 is 5.73 Å². The first-order valence-corrected chi connectivity index (χ1v) is 6.39. The van der Waals surface area contributed by atoms with Gasteiger partial charge in [0.15, 0.2) is 0 Å². The van der Waals surface area contributed by atoms with Crippen molar-refractivity contribution in [3.05, 3.63) is 35.6 Å². The third-order valence-corrected chi connectivity index (χ3v) is 3.50. The van der Waals surface area contributed by atoms with Crippen molar-refractivity contribution in [2.45, 2.75) is 25.8 Å². The Kier molecular flexibility index (Phi) is 4.13. The van der Waals surface area contributed by atoms with Crippen molar-refractivity contribution in [3.8, 4) is 0 Å². The smallest absolute Gasteiger partial charge is 0.128 e. The van der Waals surface area contributed by atoms with E-state index in [-0.39, 0.29) is 11.9 Å². The lowest BCUT2D eigenvalue weighted by atomic mass is 9.99. The molecule has 0 spiro atoms. The normalized spacial score (nSPS) is 23.6. The molecule has 1 aromatic rings. The Labute approximate surface area is 103 Å². The Morgan fingerprint density at radius 1 is 1.47 bits per heavy atom. The fourth-order valence-corrected chi connectivity index (χ4v) is 2.60. The van der Waals surface area contributed by atoms with E-state index in [0.717, 1.165) is 25.6 Å². The first-order chi connectivity index (χ1) is 8.16. The second-order valence-electron chi connectivity index (χ2n) is 5.13. The van der Waals surface area contributed by atoms with Crippen LogP contribution in [0.15, 0.2) is 24.3 Å². The fourth-order valence-electron chi connectivity index (χ4n) is 2.60. The van der Waals surface area contributed by atoms with E-state index < -0.39 is 0 Å². The predicted molar refractivity (Wildman–Crippen MR) is 68.2 cm³/mol. The second kappa shape index (κ2) is 5.61. The molecule has 17 heavy (non-hydrogen) atoms. The van der Waals surface area contributed by atoms with E-state index in [9.17, 15) is 4.39 Å². The molecule has 1 aliphatic rings. The van der Waals surface area contributed by atoms with E-state index in [1.54, 1.807) is 12.1 Å². The average Bonchev–Trinajstić information content (AvgIpc) is 2.29. The van der Waals surface area contributed by atoms with Crippen LogP contribution in [0.4, 0.5) is 4.39 Å². The Morgan fingerprint density at radius 2 is 2.24 bits per heavy atom. The van der Waals surface area contributed by atoms with Gasteiger partial charge in [0.25, 0.3) is 0 Å². The van der Waals surface area contributed by atoms with E-state index in [1.165, 1.54) is 18.9 Å². The number of rotatable bonds is 3. The molecule has 2 rings (SSSR count). The largest absolute Gasteiger partial charge is 0.323 e. The van der Waals surface area contributed by atoms with Crippen LogP contribution in [-0.2, 0) is 0 Å². The highest BCUT2D eigenvalue weighted by molar-refractivity contribution is 5.21. The zero-order valence-electron chi connectivity index (χ0n) is 10.4. The number of hydrogen-bond donors (Lipinski definition) is 1. The maximum atomic E-state index is 13.6. The summed E-state index contributed by atoms with van der Waals surface area (Å²) in [5.74, 6) is 0.543. The van der Waals surface area contributed by atoms with Gasteiger partial charge in [-0.15, -0.1) is 0 Å². The lowest BCUT2D eigenvalue weighted by Gasteiger charge is -2.32. The van der Waals surface area contributed by atoms with Gasteiger partial charge < -0.3 is 10.6 Å². The van der Waals surface area contributed by atoms with Crippen LogP contribution in [0.1, 0.15) is 31.4 Å². The maximum Gasteiger partial charge on any atom is 0.128 e. The lowest BCUT2D eigenvalue weighted by Crippen LogP contribution is -2.39. The highest BCUT2D eigenvalue weighted by Crippen LogP contribution is 2.20. The Balaban J connectivity index is 1.97. The van der Waals surface area contributed by atoms with E-state index in [1.807, 2.05) is 6.07 Å². The zero-order valence-corrected chi connectivity index (χ0v) is 10.4. The molecule has 0 radical (unpaired) electrons. The molecule has 2 atom stereocenters. The fraction of sp³-hybridized carbons (Fsp3) is 0.571.